The van der Waals surface area contributed by atoms with E-state index in [1.165, 1.54) is 12.3 Å². The predicted molar refractivity (Wildman–Crippen MR) is 98.9 cm³/mol. The Hall–Kier alpha value is -3.61. The number of halogens is 3. The molecule has 0 N–H and O–H groups in total. The molecular weight excluding hydrogens is 365 g/mol. The number of pyridine rings is 2. The Morgan fingerprint density at radius 3 is 2.07 bits per heavy atom. The number of hydrogen-bond donors (Lipinski definition) is 0. The molecule has 0 fully saturated rings. The summed E-state index contributed by atoms with van der Waals surface area (Å²) >= 11 is 0. The molecule has 3 heterocycles. The number of aromatic nitrogens is 4. The molecule has 0 spiro atoms. The molecule has 28 heavy (non-hydrogen) atoms. The van der Waals surface area contributed by atoms with Crippen LogP contribution in [-0.4, -0.2) is 19.9 Å². The Morgan fingerprint density at radius 2 is 1.43 bits per heavy atom. The summed E-state index contributed by atoms with van der Waals surface area (Å²) in [7, 11) is 0. The normalized spacial score (nSPS) is 11.4. The van der Waals surface area contributed by atoms with Crippen molar-refractivity contribution in [2.45, 2.75) is 6.18 Å². The van der Waals surface area contributed by atoms with E-state index in [1.807, 2.05) is 30.3 Å². The third-order valence-corrected chi connectivity index (χ3v) is 4.14. The molecule has 0 radical (unpaired) electrons. The maximum absolute atomic E-state index is 12.9. The largest absolute Gasteiger partial charge is 0.433 e. The fourth-order valence-corrected chi connectivity index (χ4v) is 2.77. The van der Waals surface area contributed by atoms with E-state index >= 15 is 0 Å². The molecule has 7 heteroatoms. The monoisotopic (exact) mass is 378 g/mol. The van der Waals surface area contributed by atoms with Crippen LogP contribution in [0.3, 0.4) is 0 Å². The first-order valence-electron chi connectivity index (χ1n) is 8.39. The minimum Gasteiger partial charge on any atom is -0.265 e. The fraction of sp³-hybridized carbons (Fsp3) is 0.0476. The summed E-state index contributed by atoms with van der Waals surface area (Å²) in [6.45, 7) is 0. The van der Waals surface area contributed by atoms with Crippen LogP contribution in [-0.2, 0) is 6.18 Å². The lowest BCUT2D eigenvalue weighted by molar-refractivity contribution is -0.141. The fourth-order valence-electron chi connectivity index (χ4n) is 2.77. The Kier molecular flexibility index (Phi) is 4.57. The summed E-state index contributed by atoms with van der Waals surface area (Å²) in [5.41, 5.74) is 2.33. The van der Waals surface area contributed by atoms with Crippen molar-refractivity contribution in [1.82, 2.24) is 19.9 Å². The van der Waals surface area contributed by atoms with Crippen molar-refractivity contribution >= 4 is 0 Å². The van der Waals surface area contributed by atoms with Crippen molar-refractivity contribution in [1.29, 1.82) is 0 Å². The van der Waals surface area contributed by atoms with Gasteiger partial charge in [0.15, 0.2) is 5.82 Å². The molecule has 4 nitrogen and oxygen atoms in total. The van der Waals surface area contributed by atoms with Gasteiger partial charge in [0.25, 0.3) is 0 Å². The second-order valence-corrected chi connectivity index (χ2v) is 5.99. The average molecular weight is 378 g/mol. The lowest BCUT2D eigenvalue weighted by atomic mass is 10.0. The molecule has 0 aliphatic carbocycles. The Morgan fingerprint density at radius 1 is 0.679 bits per heavy atom. The van der Waals surface area contributed by atoms with E-state index in [1.54, 1.807) is 30.7 Å². The van der Waals surface area contributed by atoms with Crippen LogP contribution >= 0.6 is 0 Å². The van der Waals surface area contributed by atoms with Gasteiger partial charge in [-0.25, -0.2) is 9.97 Å². The van der Waals surface area contributed by atoms with Crippen LogP contribution in [0.15, 0.2) is 79.4 Å². The number of rotatable bonds is 3. The first kappa shape index (κ1) is 17.8. The van der Waals surface area contributed by atoms with Gasteiger partial charge < -0.3 is 0 Å². The molecule has 0 saturated carbocycles. The van der Waals surface area contributed by atoms with Crippen molar-refractivity contribution in [2.75, 3.05) is 0 Å². The maximum atomic E-state index is 12.9. The minimum absolute atomic E-state index is 0.472. The number of alkyl halides is 3. The van der Waals surface area contributed by atoms with Crippen LogP contribution in [0.1, 0.15) is 5.69 Å². The van der Waals surface area contributed by atoms with Gasteiger partial charge in [-0.3, -0.25) is 9.97 Å². The van der Waals surface area contributed by atoms with E-state index in [4.69, 9.17) is 0 Å². The Bertz CT molecular complexity index is 1080. The zero-order valence-corrected chi connectivity index (χ0v) is 14.4. The molecule has 0 atom stereocenters. The van der Waals surface area contributed by atoms with Crippen LogP contribution in [0.4, 0.5) is 13.2 Å². The molecule has 3 aromatic heterocycles. The zero-order chi connectivity index (χ0) is 19.6. The van der Waals surface area contributed by atoms with Crippen LogP contribution in [0, 0.1) is 0 Å². The topological polar surface area (TPSA) is 51.6 Å². The van der Waals surface area contributed by atoms with Gasteiger partial charge in [-0.2, -0.15) is 13.2 Å². The second-order valence-electron chi connectivity index (χ2n) is 5.99. The molecule has 0 saturated heterocycles. The zero-order valence-electron chi connectivity index (χ0n) is 14.4. The van der Waals surface area contributed by atoms with Crippen molar-refractivity contribution in [3.63, 3.8) is 0 Å². The standard InChI is InChI=1S/C21H13F3N4/c22-21(23,24)18-7-6-16(12-26-18)19-17(14-8-10-25-11-9-14)13-27-20(28-19)15-4-2-1-3-5-15/h1-13H. The van der Waals surface area contributed by atoms with Gasteiger partial charge in [-0.1, -0.05) is 30.3 Å². The second kappa shape index (κ2) is 7.19. The summed E-state index contributed by atoms with van der Waals surface area (Å²) < 4.78 is 38.6. The van der Waals surface area contributed by atoms with E-state index in [9.17, 15) is 13.2 Å². The first-order chi connectivity index (χ1) is 13.5. The highest BCUT2D eigenvalue weighted by molar-refractivity contribution is 5.81. The molecule has 0 aliphatic heterocycles. The van der Waals surface area contributed by atoms with Gasteiger partial charge in [-0.15, -0.1) is 0 Å². The van der Waals surface area contributed by atoms with Crippen LogP contribution in [0.2, 0.25) is 0 Å². The Labute approximate surface area is 158 Å². The van der Waals surface area contributed by atoms with E-state index in [2.05, 4.69) is 19.9 Å². The van der Waals surface area contributed by atoms with Crippen LogP contribution in [0.25, 0.3) is 33.8 Å². The molecule has 0 aliphatic rings. The van der Waals surface area contributed by atoms with Gasteiger partial charge in [0.05, 0.1) is 5.69 Å². The number of nitrogens with zero attached hydrogens (tertiary/aromatic N) is 4. The number of hydrogen-bond acceptors (Lipinski definition) is 4. The quantitative estimate of drug-likeness (QED) is 0.486. The highest BCUT2D eigenvalue weighted by Crippen LogP contribution is 2.33. The maximum Gasteiger partial charge on any atom is 0.433 e. The van der Waals surface area contributed by atoms with Crippen molar-refractivity contribution in [3.05, 3.63) is 85.1 Å². The van der Waals surface area contributed by atoms with Crippen LogP contribution in [0.5, 0.6) is 0 Å². The SMILES string of the molecule is FC(F)(F)c1ccc(-c2nc(-c3ccccc3)ncc2-c2ccncc2)cn1. The summed E-state index contributed by atoms with van der Waals surface area (Å²) in [6, 6.07) is 15.3. The molecular formula is C21H13F3N4. The van der Waals surface area contributed by atoms with E-state index in [0.717, 1.165) is 17.2 Å². The summed E-state index contributed by atoms with van der Waals surface area (Å²) in [6.07, 6.45) is 1.63. The molecule has 0 bridgehead atoms. The third-order valence-electron chi connectivity index (χ3n) is 4.14. The lowest BCUT2D eigenvalue weighted by Crippen LogP contribution is -2.07. The Balaban J connectivity index is 1.87. The molecule has 1 aromatic carbocycles. The highest BCUT2D eigenvalue weighted by Gasteiger charge is 2.32. The smallest absolute Gasteiger partial charge is 0.265 e. The average Bonchev–Trinajstić information content (AvgIpc) is 2.74. The summed E-state index contributed by atoms with van der Waals surface area (Å²) in [5.74, 6) is 0.480. The molecule has 138 valence electrons. The van der Waals surface area contributed by atoms with Gasteiger partial charge in [0, 0.05) is 41.5 Å². The van der Waals surface area contributed by atoms with E-state index < -0.39 is 11.9 Å². The van der Waals surface area contributed by atoms with Gasteiger partial charge in [0.2, 0.25) is 0 Å². The first-order valence-corrected chi connectivity index (χ1v) is 8.39. The number of benzene rings is 1. The van der Waals surface area contributed by atoms with Gasteiger partial charge >= 0.3 is 6.18 Å². The molecule has 4 aromatic rings. The van der Waals surface area contributed by atoms with E-state index in [0.29, 0.717) is 22.6 Å². The van der Waals surface area contributed by atoms with Gasteiger partial charge in [0.1, 0.15) is 5.69 Å². The van der Waals surface area contributed by atoms with Crippen molar-refractivity contribution in [3.8, 4) is 33.8 Å². The highest BCUT2D eigenvalue weighted by atomic mass is 19.4. The summed E-state index contributed by atoms with van der Waals surface area (Å²) in [4.78, 5) is 16.6. The van der Waals surface area contributed by atoms with Crippen molar-refractivity contribution < 1.29 is 13.2 Å². The lowest BCUT2D eigenvalue weighted by Gasteiger charge is -2.12. The van der Waals surface area contributed by atoms with Crippen molar-refractivity contribution in [2.24, 2.45) is 0 Å². The summed E-state index contributed by atoms with van der Waals surface area (Å²) in [5, 5.41) is 0. The van der Waals surface area contributed by atoms with Crippen LogP contribution < -0.4 is 0 Å². The van der Waals surface area contributed by atoms with E-state index in [-0.39, 0.29) is 0 Å². The third kappa shape index (κ3) is 3.59. The minimum atomic E-state index is -4.49. The van der Waals surface area contributed by atoms with Gasteiger partial charge in [-0.05, 0) is 29.8 Å². The molecule has 0 amide bonds. The predicted octanol–water partition coefficient (Wildman–Crippen LogP) is 5.29. The molecule has 4 rings (SSSR count). The molecule has 0 unspecified atom stereocenters.